The molecule has 0 atom stereocenters. The number of nitrogens with one attached hydrogen (secondary N) is 2. The number of fused-ring (bicyclic) bond motifs is 1. The third-order valence-corrected chi connectivity index (χ3v) is 7.63. The number of rotatable bonds is 7. The molecule has 2 N–H and O–H groups in total. The molecule has 2 aliphatic rings. The van der Waals surface area contributed by atoms with E-state index in [0.29, 0.717) is 23.9 Å². The molecule has 0 unspecified atom stereocenters. The molecule has 29 heavy (non-hydrogen) atoms. The second-order valence-electron chi connectivity index (χ2n) is 8.16. The van der Waals surface area contributed by atoms with Crippen molar-refractivity contribution in [3.05, 3.63) is 47.7 Å². The van der Waals surface area contributed by atoms with Crippen LogP contribution in [0.4, 0.5) is 0 Å². The third-order valence-electron chi connectivity index (χ3n) is 6.18. The number of hydrogen-bond acceptors (Lipinski definition) is 4. The molecular formula is C22H27N3O3S. The maximum Gasteiger partial charge on any atom is 0.252 e. The number of carbonyl (C=O) groups is 1. The summed E-state index contributed by atoms with van der Waals surface area (Å²) in [6, 6.07) is 8.01. The number of carbonyl (C=O) groups excluding carboxylic acids is 1. The number of sulfonamides is 1. The highest BCUT2D eigenvalue weighted by molar-refractivity contribution is 7.89. The molecule has 6 nitrogen and oxygen atoms in total. The van der Waals surface area contributed by atoms with Gasteiger partial charge in [-0.3, -0.25) is 9.78 Å². The van der Waals surface area contributed by atoms with Crippen molar-refractivity contribution >= 4 is 32.4 Å². The molecule has 0 bridgehead atoms. The van der Waals surface area contributed by atoms with E-state index in [9.17, 15) is 13.2 Å². The van der Waals surface area contributed by atoms with E-state index in [1.165, 1.54) is 37.4 Å². The van der Waals surface area contributed by atoms with Crippen LogP contribution in [0.5, 0.6) is 0 Å². The fourth-order valence-electron chi connectivity index (χ4n) is 4.04. The van der Waals surface area contributed by atoms with E-state index in [1.54, 1.807) is 6.20 Å². The summed E-state index contributed by atoms with van der Waals surface area (Å²) in [6.07, 6.45) is 10.5. The first-order valence-electron chi connectivity index (χ1n) is 10.2. The van der Waals surface area contributed by atoms with Crippen LogP contribution in [0.2, 0.25) is 0 Å². The second kappa shape index (κ2) is 7.88. The average molecular weight is 414 g/mol. The summed E-state index contributed by atoms with van der Waals surface area (Å²) in [4.78, 5) is 17.0. The Morgan fingerprint density at radius 2 is 2.07 bits per heavy atom. The molecule has 1 fully saturated rings. The molecule has 154 valence electrons. The Bertz CT molecular complexity index is 1070. The van der Waals surface area contributed by atoms with Gasteiger partial charge in [0.15, 0.2) is 0 Å². The van der Waals surface area contributed by atoms with Crippen LogP contribution in [0.25, 0.3) is 16.5 Å². The van der Waals surface area contributed by atoms with Crippen LogP contribution in [0.15, 0.2) is 36.5 Å². The second-order valence-corrected chi connectivity index (χ2v) is 10.2. The Morgan fingerprint density at radius 1 is 1.24 bits per heavy atom. The summed E-state index contributed by atoms with van der Waals surface area (Å²) in [7, 11) is -1.87. The molecule has 1 saturated carbocycles. The largest absolute Gasteiger partial charge is 0.352 e. The maximum atomic E-state index is 12.5. The molecule has 1 heterocycles. The van der Waals surface area contributed by atoms with Crippen molar-refractivity contribution in [2.75, 3.05) is 19.3 Å². The molecule has 0 radical (unpaired) electrons. The fraction of sp³-hybridized carbons (Fsp3) is 0.455. The normalized spacial score (nSPS) is 17.9. The predicted molar refractivity (Wildman–Crippen MR) is 115 cm³/mol. The molecule has 1 aromatic carbocycles. The number of benzene rings is 1. The van der Waals surface area contributed by atoms with Crippen molar-refractivity contribution in [3.63, 3.8) is 0 Å². The van der Waals surface area contributed by atoms with Crippen molar-refractivity contribution in [1.29, 1.82) is 0 Å². The van der Waals surface area contributed by atoms with Gasteiger partial charge in [-0.1, -0.05) is 18.2 Å². The molecule has 1 amide bonds. The van der Waals surface area contributed by atoms with Gasteiger partial charge in [-0.15, -0.1) is 0 Å². The number of nitrogens with zero attached hydrogens (tertiary/aromatic N) is 1. The van der Waals surface area contributed by atoms with Crippen molar-refractivity contribution in [2.24, 2.45) is 5.41 Å². The Morgan fingerprint density at radius 3 is 2.76 bits per heavy atom. The fourth-order valence-corrected chi connectivity index (χ4v) is 4.77. The summed E-state index contributed by atoms with van der Waals surface area (Å²) in [6.45, 7) is 0.298. The first kappa shape index (κ1) is 20.0. The topological polar surface area (TPSA) is 88.2 Å². The Balaban J connectivity index is 1.49. The van der Waals surface area contributed by atoms with Crippen LogP contribution >= 0.6 is 0 Å². The Hall–Kier alpha value is -2.25. The monoisotopic (exact) mass is 413 g/mol. The lowest BCUT2D eigenvalue weighted by molar-refractivity contribution is 0.0953. The first-order chi connectivity index (χ1) is 13.9. The Kier molecular flexibility index (Phi) is 5.44. The molecule has 2 aromatic rings. The van der Waals surface area contributed by atoms with Crippen LogP contribution in [-0.2, 0) is 10.0 Å². The van der Waals surface area contributed by atoms with Gasteiger partial charge >= 0.3 is 0 Å². The van der Waals surface area contributed by atoms with Crippen LogP contribution < -0.4 is 10.0 Å². The number of allylic oxidation sites excluding steroid dienone is 2. The van der Waals surface area contributed by atoms with E-state index >= 15 is 0 Å². The SMILES string of the molecule is CNS(=O)(=O)CCCNC(=O)c1cnc2cccc(C3=CCC4(CC3)CC4)c2c1. The molecular weight excluding hydrogens is 386 g/mol. The molecule has 2 aliphatic carbocycles. The maximum absolute atomic E-state index is 12.5. The van der Waals surface area contributed by atoms with Crippen LogP contribution in [-0.4, -0.2) is 38.7 Å². The standard InChI is InChI=1S/C22H27N3O3S/c1-23-29(27,28)13-3-12-24-21(26)17-14-19-18(4-2-5-20(19)25-15-17)16-6-8-22(9-7-16)10-11-22/h2,4-6,14-15,23H,3,7-13H2,1H3,(H,24,26). The smallest absolute Gasteiger partial charge is 0.252 e. The summed E-state index contributed by atoms with van der Waals surface area (Å²) in [5.41, 5.74) is 4.48. The molecule has 4 rings (SSSR count). The lowest BCUT2D eigenvalue weighted by Gasteiger charge is -2.22. The molecule has 0 aliphatic heterocycles. The average Bonchev–Trinajstić information content (AvgIpc) is 3.49. The van der Waals surface area contributed by atoms with Crippen molar-refractivity contribution < 1.29 is 13.2 Å². The van der Waals surface area contributed by atoms with Crippen LogP contribution in [0, 0.1) is 5.41 Å². The lowest BCUT2D eigenvalue weighted by atomic mass is 9.83. The van der Waals surface area contributed by atoms with Gasteiger partial charge in [0.25, 0.3) is 5.91 Å². The van der Waals surface area contributed by atoms with E-state index < -0.39 is 10.0 Å². The highest BCUT2D eigenvalue weighted by atomic mass is 32.2. The van der Waals surface area contributed by atoms with Crippen LogP contribution in [0.3, 0.4) is 0 Å². The summed E-state index contributed by atoms with van der Waals surface area (Å²) >= 11 is 0. The van der Waals surface area contributed by atoms with E-state index in [2.05, 4.69) is 27.2 Å². The van der Waals surface area contributed by atoms with Crippen molar-refractivity contribution in [3.8, 4) is 0 Å². The first-order valence-corrected chi connectivity index (χ1v) is 11.8. The van der Waals surface area contributed by atoms with Gasteiger partial charge in [-0.05, 0) is 74.3 Å². The van der Waals surface area contributed by atoms with E-state index in [-0.39, 0.29) is 11.7 Å². The molecule has 0 saturated heterocycles. The number of aromatic nitrogens is 1. The third kappa shape index (κ3) is 4.51. The number of pyridine rings is 1. The highest BCUT2D eigenvalue weighted by Gasteiger charge is 2.42. The molecule has 1 spiro atoms. The van der Waals surface area contributed by atoms with Crippen molar-refractivity contribution in [2.45, 2.75) is 38.5 Å². The minimum Gasteiger partial charge on any atom is -0.352 e. The number of hydrogen-bond donors (Lipinski definition) is 2. The molecule has 1 aromatic heterocycles. The highest BCUT2D eigenvalue weighted by Crippen LogP contribution is 2.56. The quantitative estimate of drug-likeness (QED) is 0.682. The summed E-state index contributed by atoms with van der Waals surface area (Å²) in [5, 5.41) is 3.79. The zero-order chi connectivity index (χ0) is 20.5. The van der Waals surface area contributed by atoms with Gasteiger partial charge in [0, 0.05) is 18.1 Å². The Labute approximate surface area is 171 Å². The van der Waals surface area contributed by atoms with Gasteiger partial charge < -0.3 is 5.32 Å². The van der Waals surface area contributed by atoms with Crippen molar-refractivity contribution in [1.82, 2.24) is 15.0 Å². The zero-order valence-electron chi connectivity index (χ0n) is 16.7. The summed E-state index contributed by atoms with van der Waals surface area (Å²) in [5.74, 6) is -0.245. The summed E-state index contributed by atoms with van der Waals surface area (Å²) < 4.78 is 25.2. The van der Waals surface area contributed by atoms with Gasteiger partial charge in [-0.2, -0.15) is 0 Å². The van der Waals surface area contributed by atoms with E-state index in [4.69, 9.17) is 0 Å². The van der Waals surface area contributed by atoms with E-state index in [1.807, 2.05) is 18.2 Å². The van der Waals surface area contributed by atoms with Crippen LogP contribution in [0.1, 0.15) is 54.4 Å². The van der Waals surface area contributed by atoms with Gasteiger partial charge in [-0.25, -0.2) is 13.1 Å². The van der Waals surface area contributed by atoms with Gasteiger partial charge in [0.2, 0.25) is 10.0 Å². The number of amides is 1. The zero-order valence-corrected chi connectivity index (χ0v) is 17.5. The van der Waals surface area contributed by atoms with E-state index in [0.717, 1.165) is 23.7 Å². The van der Waals surface area contributed by atoms with Gasteiger partial charge in [0.05, 0.1) is 16.8 Å². The van der Waals surface area contributed by atoms with Gasteiger partial charge in [0.1, 0.15) is 0 Å². The lowest BCUT2D eigenvalue weighted by Crippen LogP contribution is -2.28. The predicted octanol–water partition coefficient (Wildman–Crippen LogP) is 3.25. The minimum atomic E-state index is -3.25. The molecule has 7 heteroatoms. The minimum absolute atomic E-state index is 0.0143.